The molecule has 0 aliphatic heterocycles. The lowest BCUT2D eigenvalue weighted by Crippen LogP contribution is -2.25. The number of ketones is 1. The number of hydrogen-bond acceptors (Lipinski definition) is 5. The summed E-state index contributed by atoms with van der Waals surface area (Å²) >= 11 is 7.65. The molecule has 0 spiro atoms. The molecule has 0 fully saturated rings. The van der Waals surface area contributed by atoms with Crippen molar-refractivity contribution >= 4 is 45.9 Å². The summed E-state index contributed by atoms with van der Waals surface area (Å²) in [6.45, 7) is 1.57. The third-order valence-electron chi connectivity index (χ3n) is 4.21. The van der Waals surface area contributed by atoms with Gasteiger partial charge in [0.1, 0.15) is 5.75 Å². The first-order valence-electron chi connectivity index (χ1n) is 8.67. The Morgan fingerprint density at radius 3 is 2.39 bits per heavy atom. The van der Waals surface area contributed by atoms with E-state index in [1.54, 1.807) is 38.3 Å². The van der Waals surface area contributed by atoms with Gasteiger partial charge in [-0.25, -0.2) is 0 Å². The molecule has 3 aromatic rings. The quantitative estimate of drug-likeness (QED) is 0.294. The number of hydrogen-bond donors (Lipinski definition) is 0. The van der Waals surface area contributed by atoms with E-state index >= 15 is 0 Å². The average Bonchev–Trinajstić information content (AvgIpc) is 2.71. The standard InChI is InChI=1S/C22H19ClO4S/c1-14(22(25)16-9-11-17(26-2)12-10-16)27-20(24)13-28-19-8-4-6-15-5-3-7-18(23)21(15)19/h3-12,14H,13H2,1-2H3/t14-/m1/s1. The van der Waals surface area contributed by atoms with Crippen LogP contribution in [0.15, 0.2) is 65.6 Å². The number of rotatable bonds is 7. The zero-order valence-corrected chi connectivity index (χ0v) is 17.0. The molecule has 0 heterocycles. The minimum Gasteiger partial charge on any atom is -0.497 e. The summed E-state index contributed by atoms with van der Waals surface area (Å²) in [7, 11) is 1.56. The van der Waals surface area contributed by atoms with Crippen molar-refractivity contribution in [3.63, 3.8) is 0 Å². The summed E-state index contributed by atoms with van der Waals surface area (Å²) in [5.41, 5.74) is 0.467. The molecule has 0 saturated heterocycles. The fourth-order valence-corrected chi connectivity index (χ4v) is 4.02. The van der Waals surface area contributed by atoms with Crippen LogP contribution in [0.3, 0.4) is 0 Å². The predicted molar refractivity (Wildman–Crippen MR) is 113 cm³/mol. The molecule has 0 saturated carbocycles. The molecule has 4 nitrogen and oxygen atoms in total. The van der Waals surface area contributed by atoms with Crippen LogP contribution < -0.4 is 4.74 Å². The third-order valence-corrected chi connectivity index (χ3v) is 5.56. The van der Waals surface area contributed by atoms with Crippen LogP contribution in [0.5, 0.6) is 5.75 Å². The molecule has 3 aromatic carbocycles. The van der Waals surface area contributed by atoms with Gasteiger partial charge in [-0.1, -0.05) is 35.9 Å². The Morgan fingerprint density at radius 2 is 1.71 bits per heavy atom. The van der Waals surface area contributed by atoms with Crippen molar-refractivity contribution in [1.82, 2.24) is 0 Å². The van der Waals surface area contributed by atoms with Crippen LogP contribution in [0, 0.1) is 0 Å². The number of thioether (sulfide) groups is 1. The third kappa shape index (κ3) is 4.66. The largest absolute Gasteiger partial charge is 0.497 e. The first kappa shape index (κ1) is 20.2. The SMILES string of the molecule is COc1ccc(C(=O)[C@@H](C)OC(=O)CSc2cccc3cccc(Cl)c23)cc1. The van der Waals surface area contributed by atoms with Crippen LogP contribution in [0.2, 0.25) is 5.02 Å². The van der Waals surface area contributed by atoms with Crippen LogP contribution in [0.4, 0.5) is 0 Å². The number of fused-ring (bicyclic) bond motifs is 1. The minimum absolute atomic E-state index is 0.0879. The lowest BCUT2D eigenvalue weighted by atomic mass is 10.1. The average molecular weight is 415 g/mol. The summed E-state index contributed by atoms with van der Waals surface area (Å²) in [4.78, 5) is 25.6. The highest BCUT2D eigenvalue weighted by molar-refractivity contribution is 8.00. The van der Waals surface area contributed by atoms with Crippen molar-refractivity contribution in [3.05, 3.63) is 71.2 Å². The van der Waals surface area contributed by atoms with Gasteiger partial charge < -0.3 is 9.47 Å². The van der Waals surface area contributed by atoms with Crippen LogP contribution in [-0.2, 0) is 9.53 Å². The molecule has 0 aromatic heterocycles. The number of benzene rings is 3. The van der Waals surface area contributed by atoms with Crippen molar-refractivity contribution in [2.75, 3.05) is 12.9 Å². The molecule has 0 amide bonds. The van der Waals surface area contributed by atoms with Gasteiger partial charge in [0, 0.05) is 20.9 Å². The van der Waals surface area contributed by atoms with Crippen LogP contribution in [0.25, 0.3) is 10.8 Å². The maximum Gasteiger partial charge on any atom is 0.316 e. The lowest BCUT2D eigenvalue weighted by Gasteiger charge is -2.13. The predicted octanol–water partition coefficient (Wildman–Crippen LogP) is 5.41. The number of ether oxygens (including phenoxy) is 2. The lowest BCUT2D eigenvalue weighted by molar-refractivity contribution is -0.143. The van der Waals surface area contributed by atoms with Gasteiger partial charge in [0.25, 0.3) is 0 Å². The van der Waals surface area contributed by atoms with Crippen LogP contribution >= 0.6 is 23.4 Å². The van der Waals surface area contributed by atoms with Gasteiger partial charge in [-0.3, -0.25) is 9.59 Å². The monoisotopic (exact) mass is 414 g/mol. The second-order valence-corrected chi connectivity index (χ2v) is 7.53. The maximum atomic E-state index is 12.4. The summed E-state index contributed by atoms with van der Waals surface area (Å²) in [5, 5.41) is 2.55. The van der Waals surface area contributed by atoms with Crippen LogP contribution in [-0.4, -0.2) is 30.7 Å². The molecule has 0 radical (unpaired) electrons. The molecular weight excluding hydrogens is 396 g/mol. The van der Waals surface area contributed by atoms with Crippen molar-refractivity contribution in [3.8, 4) is 5.75 Å². The Kier molecular flexibility index (Phi) is 6.60. The Labute approximate surface area is 172 Å². The van der Waals surface area contributed by atoms with E-state index in [2.05, 4.69) is 0 Å². The van der Waals surface area contributed by atoms with E-state index in [-0.39, 0.29) is 11.5 Å². The fourth-order valence-electron chi connectivity index (χ4n) is 2.79. The fraction of sp³-hybridized carbons (Fsp3) is 0.182. The first-order chi connectivity index (χ1) is 13.5. The second-order valence-electron chi connectivity index (χ2n) is 6.11. The molecule has 0 aliphatic carbocycles. The zero-order valence-electron chi connectivity index (χ0n) is 15.5. The molecule has 144 valence electrons. The molecule has 3 rings (SSSR count). The van der Waals surface area contributed by atoms with E-state index in [1.165, 1.54) is 11.8 Å². The molecule has 6 heteroatoms. The minimum atomic E-state index is -0.863. The highest BCUT2D eigenvalue weighted by atomic mass is 35.5. The summed E-state index contributed by atoms with van der Waals surface area (Å²) in [6, 6.07) is 18.2. The molecule has 0 N–H and O–H groups in total. The number of carbonyl (C=O) groups excluding carboxylic acids is 2. The highest BCUT2D eigenvalue weighted by Gasteiger charge is 2.20. The van der Waals surface area contributed by atoms with Crippen LogP contribution in [0.1, 0.15) is 17.3 Å². The van der Waals surface area contributed by atoms with Gasteiger partial charge in [0.05, 0.1) is 12.9 Å². The first-order valence-corrected chi connectivity index (χ1v) is 10.0. The summed E-state index contributed by atoms with van der Waals surface area (Å²) in [6.07, 6.45) is -0.863. The molecule has 0 unspecified atom stereocenters. The van der Waals surface area contributed by atoms with Gasteiger partial charge in [0.15, 0.2) is 6.10 Å². The molecule has 28 heavy (non-hydrogen) atoms. The van der Waals surface area contributed by atoms with E-state index in [0.29, 0.717) is 16.3 Å². The Bertz CT molecular complexity index is 996. The molecule has 0 aliphatic rings. The topological polar surface area (TPSA) is 52.6 Å². The van der Waals surface area contributed by atoms with E-state index in [0.717, 1.165) is 15.7 Å². The Morgan fingerprint density at radius 1 is 1.04 bits per heavy atom. The maximum absolute atomic E-state index is 12.4. The second kappa shape index (κ2) is 9.13. The van der Waals surface area contributed by atoms with Gasteiger partial charge in [-0.15, -0.1) is 11.8 Å². The highest BCUT2D eigenvalue weighted by Crippen LogP contribution is 2.33. The number of halogens is 1. The molecular formula is C22H19ClO4S. The van der Waals surface area contributed by atoms with Crippen molar-refractivity contribution < 1.29 is 19.1 Å². The van der Waals surface area contributed by atoms with Crippen molar-refractivity contribution in [2.45, 2.75) is 17.9 Å². The van der Waals surface area contributed by atoms with Crippen molar-refractivity contribution in [1.29, 1.82) is 0 Å². The Balaban J connectivity index is 1.62. The number of esters is 1. The normalized spacial score (nSPS) is 11.8. The van der Waals surface area contributed by atoms with Gasteiger partial charge in [-0.05, 0) is 48.7 Å². The van der Waals surface area contributed by atoms with E-state index in [1.807, 2.05) is 36.4 Å². The van der Waals surface area contributed by atoms with Gasteiger partial charge >= 0.3 is 5.97 Å². The number of carbonyl (C=O) groups is 2. The summed E-state index contributed by atoms with van der Waals surface area (Å²) in [5.74, 6) is 0.0360. The Hall–Kier alpha value is -2.50. The smallest absolute Gasteiger partial charge is 0.316 e. The van der Waals surface area contributed by atoms with Crippen molar-refractivity contribution in [2.24, 2.45) is 0 Å². The molecule has 0 bridgehead atoms. The van der Waals surface area contributed by atoms with Gasteiger partial charge in [0.2, 0.25) is 5.78 Å². The van der Waals surface area contributed by atoms with E-state index in [4.69, 9.17) is 21.1 Å². The number of methoxy groups -OCH3 is 1. The number of Topliss-reactive ketones (excluding diaryl/α,β-unsaturated/α-hetero) is 1. The summed E-state index contributed by atoms with van der Waals surface area (Å²) < 4.78 is 10.4. The molecule has 1 atom stereocenters. The zero-order chi connectivity index (χ0) is 20.1. The van der Waals surface area contributed by atoms with E-state index < -0.39 is 12.1 Å². The van der Waals surface area contributed by atoms with Gasteiger partial charge in [-0.2, -0.15) is 0 Å². The van der Waals surface area contributed by atoms with E-state index in [9.17, 15) is 9.59 Å².